The first kappa shape index (κ1) is 13.5. The van der Waals surface area contributed by atoms with Crippen molar-refractivity contribution in [2.75, 3.05) is 0 Å². The van der Waals surface area contributed by atoms with Crippen molar-refractivity contribution in [3.63, 3.8) is 0 Å². The normalized spacial score (nSPS) is 12.6. The van der Waals surface area contributed by atoms with Crippen LogP contribution < -0.4 is 5.32 Å². The van der Waals surface area contributed by atoms with Crippen LogP contribution in [0.4, 0.5) is 0 Å². The molecule has 0 fully saturated rings. The van der Waals surface area contributed by atoms with Crippen LogP contribution in [0.3, 0.4) is 0 Å². The standard InChI is InChI=1S/C14H17ClN2S/c1-10-5-3-4-6-12(10)7-11(2)16-9-14-17-8-13(15)18-14/h3-6,8,11,16H,7,9H2,1-2H3. The number of thiazole rings is 1. The minimum absolute atomic E-state index is 0.425. The molecule has 1 aromatic heterocycles. The topological polar surface area (TPSA) is 24.9 Å². The maximum Gasteiger partial charge on any atom is 0.113 e. The summed E-state index contributed by atoms with van der Waals surface area (Å²) in [5, 5.41) is 4.52. The predicted octanol–water partition coefficient (Wildman–Crippen LogP) is 3.83. The van der Waals surface area contributed by atoms with Gasteiger partial charge in [-0.2, -0.15) is 0 Å². The van der Waals surface area contributed by atoms with E-state index in [0.29, 0.717) is 6.04 Å². The zero-order chi connectivity index (χ0) is 13.0. The van der Waals surface area contributed by atoms with E-state index in [1.807, 2.05) is 0 Å². The zero-order valence-electron chi connectivity index (χ0n) is 10.6. The summed E-state index contributed by atoms with van der Waals surface area (Å²) in [4.78, 5) is 4.24. The molecule has 4 heteroatoms. The molecule has 0 spiro atoms. The number of hydrogen-bond donors (Lipinski definition) is 1. The van der Waals surface area contributed by atoms with Gasteiger partial charge >= 0.3 is 0 Å². The van der Waals surface area contributed by atoms with Gasteiger partial charge in [0.25, 0.3) is 0 Å². The van der Waals surface area contributed by atoms with Crippen LogP contribution in [0.1, 0.15) is 23.1 Å². The summed E-state index contributed by atoms with van der Waals surface area (Å²) < 4.78 is 0.748. The third-order valence-corrected chi connectivity index (χ3v) is 4.03. The third-order valence-electron chi connectivity index (χ3n) is 2.91. The van der Waals surface area contributed by atoms with E-state index in [2.05, 4.69) is 48.4 Å². The largest absolute Gasteiger partial charge is 0.308 e. The van der Waals surface area contributed by atoms with Gasteiger partial charge in [0.05, 0.1) is 6.20 Å². The van der Waals surface area contributed by atoms with Crippen molar-refractivity contribution < 1.29 is 0 Å². The van der Waals surface area contributed by atoms with Crippen molar-refractivity contribution in [2.24, 2.45) is 0 Å². The molecule has 0 saturated carbocycles. The summed E-state index contributed by atoms with van der Waals surface area (Å²) in [6.07, 6.45) is 2.74. The highest BCUT2D eigenvalue weighted by Gasteiger charge is 2.06. The van der Waals surface area contributed by atoms with Crippen LogP contribution in [-0.4, -0.2) is 11.0 Å². The number of rotatable bonds is 5. The minimum atomic E-state index is 0.425. The van der Waals surface area contributed by atoms with Crippen LogP contribution in [0.5, 0.6) is 0 Å². The SMILES string of the molecule is Cc1ccccc1CC(C)NCc1ncc(Cl)s1. The Labute approximate surface area is 117 Å². The molecule has 0 aliphatic rings. The average Bonchev–Trinajstić information content (AvgIpc) is 2.76. The highest BCUT2D eigenvalue weighted by atomic mass is 35.5. The van der Waals surface area contributed by atoms with Crippen LogP contribution in [0, 0.1) is 6.92 Å². The summed E-state index contributed by atoms with van der Waals surface area (Å²) in [6.45, 7) is 5.13. The maximum absolute atomic E-state index is 5.85. The molecule has 96 valence electrons. The highest BCUT2D eigenvalue weighted by Crippen LogP contribution is 2.18. The lowest BCUT2D eigenvalue weighted by molar-refractivity contribution is 0.543. The fourth-order valence-corrected chi connectivity index (χ4v) is 2.78. The Balaban J connectivity index is 1.85. The van der Waals surface area contributed by atoms with Gasteiger partial charge in [0.2, 0.25) is 0 Å². The molecule has 0 aliphatic carbocycles. The molecule has 2 nitrogen and oxygen atoms in total. The Kier molecular flexibility index (Phi) is 4.75. The Morgan fingerprint density at radius 1 is 1.39 bits per heavy atom. The number of hydrogen-bond acceptors (Lipinski definition) is 3. The average molecular weight is 281 g/mol. The van der Waals surface area contributed by atoms with Crippen molar-refractivity contribution in [2.45, 2.75) is 32.9 Å². The van der Waals surface area contributed by atoms with Crippen molar-refractivity contribution in [1.29, 1.82) is 0 Å². The van der Waals surface area contributed by atoms with Crippen LogP contribution in [0.25, 0.3) is 0 Å². The molecule has 0 amide bonds. The summed E-state index contributed by atoms with van der Waals surface area (Å²) in [7, 11) is 0. The smallest absolute Gasteiger partial charge is 0.113 e. The highest BCUT2D eigenvalue weighted by molar-refractivity contribution is 7.15. The van der Waals surface area contributed by atoms with Crippen molar-refractivity contribution >= 4 is 22.9 Å². The van der Waals surface area contributed by atoms with E-state index in [0.717, 1.165) is 22.3 Å². The molecular formula is C14H17ClN2S. The van der Waals surface area contributed by atoms with Gasteiger partial charge in [-0.05, 0) is 31.4 Å². The van der Waals surface area contributed by atoms with Crippen LogP contribution in [0.15, 0.2) is 30.5 Å². The van der Waals surface area contributed by atoms with E-state index in [-0.39, 0.29) is 0 Å². The van der Waals surface area contributed by atoms with E-state index >= 15 is 0 Å². The lowest BCUT2D eigenvalue weighted by Crippen LogP contribution is -2.27. The number of nitrogens with zero attached hydrogens (tertiary/aromatic N) is 1. The summed E-state index contributed by atoms with van der Waals surface area (Å²) in [5.74, 6) is 0. The first-order valence-electron chi connectivity index (χ1n) is 6.03. The van der Waals surface area contributed by atoms with Gasteiger partial charge in [0, 0.05) is 12.6 Å². The maximum atomic E-state index is 5.85. The quantitative estimate of drug-likeness (QED) is 0.900. The second kappa shape index (κ2) is 6.32. The summed E-state index contributed by atoms with van der Waals surface area (Å²) >= 11 is 7.39. The van der Waals surface area contributed by atoms with Gasteiger partial charge in [-0.1, -0.05) is 35.9 Å². The second-order valence-corrected chi connectivity index (χ2v) is 6.22. The van der Waals surface area contributed by atoms with E-state index < -0.39 is 0 Å². The fraction of sp³-hybridized carbons (Fsp3) is 0.357. The lowest BCUT2D eigenvalue weighted by Gasteiger charge is -2.14. The molecule has 0 bridgehead atoms. The molecule has 2 rings (SSSR count). The molecule has 0 radical (unpaired) electrons. The number of benzene rings is 1. The predicted molar refractivity (Wildman–Crippen MR) is 78.3 cm³/mol. The van der Waals surface area contributed by atoms with Gasteiger partial charge in [-0.15, -0.1) is 11.3 Å². The molecule has 0 aliphatic heterocycles. The van der Waals surface area contributed by atoms with Gasteiger partial charge in [0.15, 0.2) is 0 Å². The molecule has 2 aromatic rings. The van der Waals surface area contributed by atoms with Crippen molar-refractivity contribution in [3.8, 4) is 0 Å². The van der Waals surface area contributed by atoms with Crippen LogP contribution in [-0.2, 0) is 13.0 Å². The van der Waals surface area contributed by atoms with Gasteiger partial charge in [-0.3, -0.25) is 0 Å². The van der Waals surface area contributed by atoms with E-state index in [1.165, 1.54) is 22.5 Å². The minimum Gasteiger partial charge on any atom is -0.308 e. The Bertz CT molecular complexity index is 510. The van der Waals surface area contributed by atoms with Crippen molar-refractivity contribution in [1.82, 2.24) is 10.3 Å². The Morgan fingerprint density at radius 3 is 2.83 bits per heavy atom. The first-order valence-corrected chi connectivity index (χ1v) is 7.22. The lowest BCUT2D eigenvalue weighted by atomic mass is 10.0. The van der Waals surface area contributed by atoms with Crippen LogP contribution in [0.2, 0.25) is 4.34 Å². The molecule has 1 heterocycles. The number of aryl methyl sites for hydroxylation is 1. The van der Waals surface area contributed by atoms with Gasteiger partial charge in [-0.25, -0.2) is 4.98 Å². The van der Waals surface area contributed by atoms with Crippen molar-refractivity contribution in [3.05, 3.63) is 50.9 Å². The number of halogens is 1. The summed E-state index contributed by atoms with van der Waals surface area (Å²) in [5.41, 5.74) is 2.75. The third kappa shape index (κ3) is 3.80. The Hall–Kier alpha value is -0.900. The zero-order valence-corrected chi connectivity index (χ0v) is 12.2. The van der Waals surface area contributed by atoms with Gasteiger partial charge < -0.3 is 5.32 Å². The molecule has 1 atom stereocenters. The fourth-order valence-electron chi connectivity index (χ4n) is 1.87. The molecule has 1 N–H and O–H groups in total. The van der Waals surface area contributed by atoms with E-state index in [1.54, 1.807) is 6.20 Å². The Morgan fingerprint density at radius 2 is 2.17 bits per heavy atom. The first-order chi connectivity index (χ1) is 8.65. The summed E-state index contributed by atoms with van der Waals surface area (Å²) in [6, 6.07) is 8.94. The van der Waals surface area contributed by atoms with E-state index in [9.17, 15) is 0 Å². The van der Waals surface area contributed by atoms with Crippen LogP contribution >= 0.6 is 22.9 Å². The molecule has 0 saturated heterocycles. The number of nitrogens with one attached hydrogen (secondary N) is 1. The van der Waals surface area contributed by atoms with E-state index in [4.69, 9.17) is 11.6 Å². The van der Waals surface area contributed by atoms with Gasteiger partial charge in [0.1, 0.15) is 9.34 Å². The second-order valence-electron chi connectivity index (χ2n) is 4.47. The monoisotopic (exact) mass is 280 g/mol. The number of aromatic nitrogens is 1. The molecule has 18 heavy (non-hydrogen) atoms. The molecule has 1 aromatic carbocycles. The molecule has 1 unspecified atom stereocenters. The molecular weight excluding hydrogens is 264 g/mol.